The molecule has 1 aromatic rings. The first-order valence-corrected chi connectivity index (χ1v) is 6.51. The van der Waals surface area contributed by atoms with Crippen LogP contribution in [0.4, 0.5) is 0 Å². The summed E-state index contributed by atoms with van der Waals surface area (Å²) in [5, 5.41) is 10.1. The molecular weight excluding hydrogens is 228 g/mol. The summed E-state index contributed by atoms with van der Waals surface area (Å²) < 4.78 is 10.8. The standard InChI is InChI=1S/C15H22O3/c1-15(2,17-3)14(16)7-5-11-4-6-13-12(10-11)8-9-18-13/h4,6,10,14,16H,5,7-9H2,1-3H3. The molecule has 18 heavy (non-hydrogen) atoms. The van der Waals surface area contributed by atoms with Gasteiger partial charge < -0.3 is 14.6 Å². The number of aryl methyl sites for hydroxylation is 1. The average Bonchev–Trinajstić information content (AvgIpc) is 2.83. The molecule has 0 spiro atoms. The minimum Gasteiger partial charge on any atom is -0.493 e. The summed E-state index contributed by atoms with van der Waals surface area (Å²) in [4.78, 5) is 0. The minimum absolute atomic E-state index is 0.452. The first kappa shape index (κ1) is 13.4. The molecule has 1 aliphatic rings. The van der Waals surface area contributed by atoms with E-state index in [-0.39, 0.29) is 0 Å². The Labute approximate surface area is 109 Å². The lowest BCUT2D eigenvalue weighted by molar-refractivity contribution is -0.0797. The van der Waals surface area contributed by atoms with Gasteiger partial charge in [0.25, 0.3) is 0 Å². The van der Waals surface area contributed by atoms with Gasteiger partial charge in [-0.15, -0.1) is 0 Å². The highest BCUT2D eigenvalue weighted by Gasteiger charge is 2.26. The van der Waals surface area contributed by atoms with Crippen molar-refractivity contribution in [3.8, 4) is 5.75 Å². The van der Waals surface area contributed by atoms with Crippen molar-refractivity contribution in [1.29, 1.82) is 0 Å². The van der Waals surface area contributed by atoms with Crippen LogP contribution in [-0.2, 0) is 17.6 Å². The Morgan fingerprint density at radius 2 is 2.22 bits per heavy atom. The first-order chi connectivity index (χ1) is 8.53. The third-order valence-electron chi connectivity index (χ3n) is 3.79. The van der Waals surface area contributed by atoms with E-state index in [2.05, 4.69) is 12.1 Å². The average molecular weight is 250 g/mol. The van der Waals surface area contributed by atoms with Gasteiger partial charge in [-0.1, -0.05) is 12.1 Å². The normalized spacial score (nSPS) is 16.2. The Balaban J connectivity index is 1.94. The number of fused-ring (bicyclic) bond motifs is 1. The smallest absolute Gasteiger partial charge is 0.122 e. The molecule has 1 unspecified atom stereocenters. The molecule has 1 aliphatic heterocycles. The predicted molar refractivity (Wildman–Crippen MR) is 71.1 cm³/mol. The summed E-state index contributed by atoms with van der Waals surface area (Å²) >= 11 is 0. The molecule has 0 aliphatic carbocycles. The van der Waals surface area contributed by atoms with Gasteiger partial charge in [0.2, 0.25) is 0 Å². The minimum atomic E-state index is -0.486. The Hall–Kier alpha value is -1.06. The molecule has 0 saturated carbocycles. The van der Waals surface area contributed by atoms with Gasteiger partial charge in [0.15, 0.2) is 0 Å². The van der Waals surface area contributed by atoms with Crippen molar-refractivity contribution >= 4 is 0 Å². The molecule has 1 heterocycles. The van der Waals surface area contributed by atoms with Crippen LogP contribution in [-0.4, -0.2) is 30.5 Å². The van der Waals surface area contributed by atoms with Crippen LogP contribution in [0, 0.1) is 0 Å². The summed E-state index contributed by atoms with van der Waals surface area (Å²) in [6.45, 7) is 4.61. The van der Waals surface area contributed by atoms with E-state index in [1.165, 1.54) is 11.1 Å². The van der Waals surface area contributed by atoms with Crippen molar-refractivity contribution in [3.63, 3.8) is 0 Å². The zero-order valence-corrected chi connectivity index (χ0v) is 11.4. The zero-order chi connectivity index (χ0) is 13.2. The molecule has 1 atom stereocenters. The number of aliphatic hydroxyl groups is 1. The maximum atomic E-state index is 10.1. The van der Waals surface area contributed by atoms with Crippen LogP contribution in [0.2, 0.25) is 0 Å². The van der Waals surface area contributed by atoms with Crippen LogP contribution >= 0.6 is 0 Å². The van der Waals surface area contributed by atoms with Crippen molar-refractivity contribution in [2.45, 2.75) is 44.8 Å². The van der Waals surface area contributed by atoms with Crippen LogP contribution < -0.4 is 4.74 Å². The zero-order valence-electron chi connectivity index (χ0n) is 11.4. The van der Waals surface area contributed by atoms with Gasteiger partial charge in [0.1, 0.15) is 5.75 Å². The second kappa shape index (κ2) is 5.29. The summed E-state index contributed by atoms with van der Waals surface area (Å²) in [5.74, 6) is 1.01. The molecular formula is C15H22O3. The number of rotatable bonds is 5. The van der Waals surface area contributed by atoms with Gasteiger partial charge >= 0.3 is 0 Å². The fourth-order valence-corrected chi connectivity index (χ4v) is 2.18. The van der Waals surface area contributed by atoms with Crippen molar-refractivity contribution in [3.05, 3.63) is 29.3 Å². The number of ether oxygens (including phenoxy) is 2. The maximum absolute atomic E-state index is 10.1. The molecule has 2 rings (SSSR count). The van der Waals surface area contributed by atoms with Gasteiger partial charge in [-0.25, -0.2) is 0 Å². The molecule has 0 fully saturated rings. The molecule has 0 aromatic heterocycles. The third kappa shape index (κ3) is 2.85. The highest BCUT2D eigenvalue weighted by Crippen LogP contribution is 2.27. The highest BCUT2D eigenvalue weighted by atomic mass is 16.5. The van der Waals surface area contributed by atoms with Crippen molar-refractivity contribution < 1.29 is 14.6 Å². The van der Waals surface area contributed by atoms with Crippen molar-refractivity contribution in [2.75, 3.05) is 13.7 Å². The van der Waals surface area contributed by atoms with E-state index >= 15 is 0 Å². The fourth-order valence-electron chi connectivity index (χ4n) is 2.18. The van der Waals surface area contributed by atoms with E-state index in [1.807, 2.05) is 19.9 Å². The van der Waals surface area contributed by atoms with Crippen molar-refractivity contribution in [1.82, 2.24) is 0 Å². The Morgan fingerprint density at radius 3 is 2.94 bits per heavy atom. The topological polar surface area (TPSA) is 38.7 Å². The van der Waals surface area contributed by atoms with E-state index < -0.39 is 11.7 Å². The Morgan fingerprint density at radius 1 is 1.44 bits per heavy atom. The summed E-state index contributed by atoms with van der Waals surface area (Å²) in [6, 6.07) is 6.30. The molecule has 0 bridgehead atoms. The number of benzene rings is 1. The number of aliphatic hydroxyl groups excluding tert-OH is 1. The van der Waals surface area contributed by atoms with E-state index in [1.54, 1.807) is 7.11 Å². The molecule has 0 radical (unpaired) electrons. The van der Waals surface area contributed by atoms with Gasteiger partial charge in [-0.3, -0.25) is 0 Å². The van der Waals surface area contributed by atoms with E-state index in [0.29, 0.717) is 6.42 Å². The number of methoxy groups -OCH3 is 1. The van der Waals surface area contributed by atoms with Crippen LogP contribution in [0.25, 0.3) is 0 Å². The molecule has 1 N–H and O–H groups in total. The highest BCUT2D eigenvalue weighted by molar-refractivity contribution is 5.39. The molecule has 3 heteroatoms. The Bertz CT molecular complexity index is 412. The van der Waals surface area contributed by atoms with Crippen LogP contribution in [0.3, 0.4) is 0 Å². The lowest BCUT2D eigenvalue weighted by atomic mass is 9.94. The van der Waals surface area contributed by atoms with E-state index in [4.69, 9.17) is 9.47 Å². The van der Waals surface area contributed by atoms with Crippen molar-refractivity contribution in [2.24, 2.45) is 0 Å². The lowest BCUT2D eigenvalue weighted by Crippen LogP contribution is -2.38. The number of hydrogen-bond donors (Lipinski definition) is 1. The molecule has 3 nitrogen and oxygen atoms in total. The third-order valence-corrected chi connectivity index (χ3v) is 3.79. The molecule has 0 amide bonds. The van der Waals surface area contributed by atoms with E-state index in [9.17, 15) is 5.11 Å². The van der Waals surface area contributed by atoms with E-state index in [0.717, 1.165) is 25.2 Å². The van der Waals surface area contributed by atoms with Gasteiger partial charge in [-0.05, 0) is 43.9 Å². The molecule has 100 valence electrons. The Kier molecular flexibility index (Phi) is 3.93. The van der Waals surface area contributed by atoms with Gasteiger partial charge in [0.05, 0.1) is 18.3 Å². The van der Waals surface area contributed by atoms with Crippen LogP contribution in [0.15, 0.2) is 18.2 Å². The predicted octanol–water partition coefficient (Wildman–Crippen LogP) is 2.34. The SMILES string of the molecule is COC(C)(C)C(O)CCc1ccc2c(c1)CCO2. The fraction of sp³-hybridized carbons (Fsp3) is 0.600. The van der Waals surface area contributed by atoms with Crippen LogP contribution in [0.1, 0.15) is 31.4 Å². The number of hydrogen-bond acceptors (Lipinski definition) is 3. The van der Waals surface area contributed by atoms with Crippen LogP contribution in [0.5, 0.6) is 5.75 Å². The lowest BCUT2D eigenvalue weighted by Gasteiger charge is -2.29. The monoisotopic (exact) mass is 250 g/mol. The quantitative estimate of drug-likeness (QED) is 0.871. The summed E-state index contributed by atoms with van der Waals surface area (Å²) in [6.07, 6.45) is 2.11. The largest absolute Gasteiger partial charge is 0.493 e. The molecule has 0 saturated heterocycles. The molecule has 1 aromatic carbocycles. The summed E-state index contributed by atoms with van der Waals surface area (Å²) in [7, 11) is 1.63. The first-order valence-electron chi connectivity index (χ1n) is 6.51. The maximum Gasteiger partial charge on any atom is 0.122 e. The van der Waals surface area contributed by atoms with Gasteiger partial charge in [0, 0.05) is 13.5 Å². The summed E-state index contributed by atoms with van der Waals surface area (Å²) in [5.41, 5.74) is 2.05. The second-order valence-electron chi connectivity index (χ2n) is 5.40. The van der Waals surface area contributed by atoms with Gasteiger partial charge in [-0.2, -0.15) is 0 Å². The second-order valence-corrected chi connectivity index (χ2v) is 5.40.